The standard InChI is InChI=1S/C27H29N7O4/c1-3-14-37-23-12-9-21(16-24(23)38-15-4-2)25(31-22-10-7-20(8-11-22)26(28)29)27(35)32-34(33-36)18-19-6-5-13-30-17-19/h3-13,16-17,25,31H,1-2,14-15,18H2,(H3,28,29)(H,32,35). The lowest BCUT2D eigenvalue weighted by molar-refractivity contribution is -0.127. The van der Waals surface area contributed by atoms with E-state index in [2.05, 4.69) is 34.2 Å². The van der Waals surface area contributed by atoms with E-state index in [1.165, 1.54) is 0 Å². The number of benzene rings is 2. The Hall–Kier alpha value is -5.19. The van der Waals surface area contributed by atoms with Crippen molar-refractivity contribution in [3.05, 3.63) is 114 Å². The molecule has 1 aromatic heterocycles. The van der Waals surface area contributed by atoms with E-state index in [1.54, 1.807) is 79.1 Å². The number of pyridine rings is 1. The largest absolute Gasteiger partial charge is 0.486 e. The first-order valence-corrected chi connectivity index (χ1v) is 11.6. The van der Waals surface area contributed by atoms with E-state index >= 15 is 0 Å². The fraction of sp³-hybridized carbons (Fsp3) is 0.148. The second kappa shape index (κ2) is 13.8. The number of amides is 1. The van der Waals surface area contributed by atoms with Crippen molar-refractivity contribution in [2.24, 2.45) is 11.0 Å². The van der Waals surface area contributed by atoms with E-state index < -0.39 is 11.9 Å². The molecule has 5 N–H and O–H groups in total. The molecule has 11 nitrogen and oxygen atoms in total. The molecule has 1 heterocycles. The molecule has 0 fully saturated rings. The maximum absolute atomic E-state index is 13.5. The Balaban J connectivity index is 1.93. The average molecular weight is 516 g/mol. The molecular weight excluding hydrogens is 486 g/mol. The van der Waals surface area contributed by atoms with E-state index in [-0.39, 0.29) is 25.6 Å². The molecule has 3 aromatic rings. The van der Waals surface area contributed by atoms with Crippen LogP contribution in [-0.4, -0.2) is 35.1 Å². The van der Waals surface area contributed by atoms with Gasteiger partial charge >= 0.3 is 0 Å². The number of rotatable bonds is 15. The Kier molecular flexibility index (Phi) is 9.94. The van der Waals surface area contributed by atoms with E-state index in [9.17, 15) is 9.70 Å². The number of nitroso groups, excluding NO2 is 1. The topological polar surface area (TPSA) is 155 Å². The van der Waals surface area contributed by atoms with Crippen molar-refractivity contribution in [2.75, 3.05) is 18.5 Å². The molecule has 0 bridgehead atoms. The van der Waals surface area contributed by atoms with Gasteiger partial charge < -0.3 is 20.5 Å². The number of hydrogen-bond acceptors (Lipinski definition) is 8. The Morgan fingerprint density at radius 2 is 1.82 bits per heavy atom. The SMILES string of the molecule is C=CCOc1ccc(C(Nc2ccc(C(=N)N)cc2)C(=O)NN(Cc2cccnc2)N=O)cc1OCC=C. The molecule has 196 valence electrons. The zero-order chi connectivity index (χ0) is 27.3. The van der Waals surface area contributed by atoms with Gasteiger partial charge in [0.25, 0.3) is 5.91 Å². The Morgan fingerprint density at radius 3 is 2.42 bits per heavy atom. The van der Waals surface area contributed by atoms with Gasteiger partial charge in [0.15, 0.2) is 11.5 Å². The second-order valence-corrected chi connectivity index (χ2v) is 7.95. The molecular formula is C27H29N7O4. The van der Waals surface area contributed by atoms with Crippen LogP contribution in [0.2, 0.25) is 0 Å². The summed E-state index contributed by atoms with van der Waals surface area (Å²) in [6.07, 6.45) is 6.38. The van der Waals surface area contributed by atoms with Crippen LogP contribution in [0.5, 0.6) is 11.5 Å². The van der Waals surface area contributed by atoms with Gasteiger partial charge in [0.2, 0.25) is 0 Å². The lowest BCUT2D eigenvalue weighted by Crippen LogP contribution is -2.42. The Labute approximate surface area is 220 Å². The number of anilines is 1. The molecule has 0 aliphatic rings. The molecule has 0 spiro atoms. The van der Waals surface area contributed by atoms with Gasteiger partial charge in [-0.25, -0.2) is 5.43 Å². The highest BCUT2D eigenvalue weighted by Crippen LogP contribution is 2.32. The fourth-order valence-electron chi connectivity index (χ4n) is 3.39. The molecule has 0 aliphatic heterocycles. The molecule has 38 heavy (non-hydrogen) atoms. The van der Waals surface area contributed by atoms with Crippen molar-refractivity contribution < 1.29 is 14.3 Å². The number of aromatic nitrogens is 1. The van der Waals surface area contributed by atoms with Crippen LogP contribution in [-0.2, 0) is 11.3 Å². The molecule has 1 amide bonds. The van der Waals surface area contributed by atoms with Gasteiger partial charge in [0.1, 0.15) is 25.1 Å². The van der Waals surface area contributed by atoms with E-state index in [0.717, 1.165) is 5.12 Å². The fourth-order valence-corrected chi connectivity index (χ4v) is 3.39. The van der Waals surface area contributed by atoms with Crippen LogP contribution in [0.1, 0.15) is 22.7 Å². The van der Waals surface area contributed by atoms with Crippen molar-refractivity contribution in [1.29, 1.82) is 5.41 Å². The first-order valence-electron chi connectivity index (χ1n) is 11.6. The third kappa shape index (κ3) is 7.65. The van der Waals surface area contributed by atoms with Crippen LogP contribution < -0.4 is 25.9 Å². The third-order valence-electron chi connectivity index (χ3n) is 5.18. The van der Waals surface area contributed by atoms with Gasteiger partial charge in [0, 0.05) is 23.6 Å². The minimum absolute atomic E-state index is 0.0190. The second-order valence-electron chi connectivity index (χ2n) is 7.95. The lowest BCUT2D eigenvalue weighted by atomic mass is 10.0. The zero-order valence-corrected chi connectivity index (χ0v) is 20.7. The summed E-state index contributed by atoms with van der Waals surface area (Å²) in [4.78, 5) is 29.0. The molecule has 2 aromatic carbocycles. The van der Waals surface area contributed by atoms with Crippen molar-refractivity contribution in [3.8, 4) is 11.5 Å². The first-order chi connectivity index (χ1) is 18.4. The molecule has 11 heteroatoms. The van der Waals surface area contributed by atoms with Crippen LogP contribution >= 0.6 is 0 Å². The molecule has 1 unspecified atom stereocenters. The number of carbonyl (C=O) groups excluding carboxylic acids is 1. The predicted molar refractivity (Wildman–Crippen MR) is 145 cm³/mol. The van der Waals surface area contributed by atoms with Gasteiger partial charge in [-0.1, -0.05) is 37.4 Å². The quantitative estimate of drug-likeness (QED) is 0.0782. The highest BCUT2D eigenvalue weighted by Gasteiger charge is 2.25. The van der Waals surface area contributed by atoms with Crippen LogP contribution in [0, 0.1) is 10.3 Å². The number of nitrogens with zero attached hydrogens (tertiary/aromatic N) is 3. The van der Waals surface area contributed by atoms with Gasteiger partial charge in [-0.05, 0) is 53.6 Å². The van der Waals surface area contributed by atoms with Crippen molar-refractivity contribution in [1.82, 2.24) is 15.5 Å². The first kappa shape index (κ1) is 27.4. The Bertz CT molecular complexity index is 1270. The summed E-state index contributed by atoms with van der Waals surface area (Å²) in [6, 6.07) is 14.3. The van der Waals surface area contributed by atoms with Crippen LogP contribution in [0.15, 0.2) is 97.6 Å². The zero-order valence-electron chi connectivity index (χ0n) is 20.7. The normalized spacial score (nSPS) is 10.9. The monoisotopic (exact) mass is 515 g/mol. The van der Waals surface area contributed by atoms with Crippen molar-refractivity contribution in [3.63, 3.8) is 0 Å². The summed E-state index contributed by atoms with van der Waals surface area (Å²) in [5.41, 5.74) is 10.4. The summed E-state index contributed by atoms with van der Waals surface area (Å²) in [6.45, 7) is 7.84. The molecule has 1 atom stereocenters. The number of carbonyl (C=O) groups is 1. The lowest BCUT2D eigenvalue weighted by Gasteiger charge is -2.24. The Morgan fingerprint density at radius 1 is 1.11 bits per heavy atom. The third-order valence-corrected chi connectivity index (χ3v) is 5.18. The molecule has 0 aliphatic carbocycles. The van der Waals surface area contributed by atoms with E-state index in [4.69, 9.17) is 20.6 Å². The molecule has 0 radical (unpaired) electrons. The van der Waals surface area contributed by atoms with Crippen molar-refractivity contribution >= 4 is 17.4 Å². The highest BCUT2D eigenvalue weighted by atomic mass is 16.5. The number of nitrogens with two attached hydrogens (primary N) is 1. The van der Waals surface area contributed by atoms with Crippen LogP contribution in [0.3, 0.4) is 0 Å². The number of nitrogen functional groups attached to an aromatic ring is 1. The number of hydrogen-bond donors (Lipinski definition) is 4. The maximum atomic E-state index is 13.5. The summed E-state index contributed by atoms with van der Waals surface area (Å²) in [7, 11) is 0. The number of nitrogens with one attached hydrogen (secondary N) is 3. The number of hydrazine groups is 1. The number of amidine groups is 1. The minimum atomic E-state index is -0.976. The van der Waals surface area contributed by atoms with Crippen molar-refractivity contribution in [2.45, 2.75) is 12.6 Å². The van der Waals surface area contributed by atoms with Gasteiger partial charge in [-0.15, -0.1) is 4.91 Å². The smallest absolute Gasteiger partial charge is 0.266 e. The van der Waals surface area contributed by atoms with E-state index in [1.807, 2.05) is 0 Å². The molecule has 0 saturated carbocycles. The van der Waals surface area contributed by atoms with Crippen LogP contribution in [0.25, 0.3) is 0 Å². The minimum Gasteiger partial charge on any atom is -0.486 e. The van der Waals surface area contributed by atoms with Gasteiger partial charge in [-0.3, -0.25) is 15.2 Å². The predicted octanol–water partition coefficient (Wildman–Crippen LogP) is 3.86. The summed E-state index contributed by atoms with van der Waals surface area (Å²) in [5, 5.41) is 14.6. The maximum Gasteiger partial charge on any atom is 0.266 e. The van der Waals surface area contributed by atoms with Gasteiger partial charge in [0.05, 0.1) is 11.8 Å². The summed E-state index contributed by atoms with van der Waals surface area (Å²) in [5.74, 6) is 0.233. The van der Waals surface area contributed by atoms with Crippen LogP contribution in [0.4, 0.5) is 5.69 Å². The molecule has 0 saturated heterocycles. The molecule has 3 rings (SSSR count). The summed E-state index contributed by atoms with van der Waals surface area (Å²) < 4.78 is 11.4. The highest BCUT2D eigenvalue weighted by molar-refractivity contribution is 5.95. The number of ether oxygens (including phenoxy) is 2. The summed E-state index contributed by atoms with van der Waals surface area (Å²) >= 11 is 0. The average Bonchev–Trinajstić information content (AvgIpc) is 2.94. The van der Waals surface area contributed by atoms with Gasteiger partial charge in [-0.2, -0.15) is 5.12 Å². The van der Waals surface area contributed by atoms with E-state index in [0.29, 0.717) is 33.9 Å².